The molecule has 0 radical (unpaired) electrons. The van der Waals surface area contributed by atoms with Crippen LogP contribution < -0.4 is 0 Å². The molecule has 26 heavy (non-hydrogen) atoms. The molecule has 3 aromatic heterocycles. The first kappa shape index (κ1) is 16.7. The van der Waals surface area contributed by atoms with Crippen molar-refractivity contribution < 1.29 is 8.42 Å². The third-order valence-corrected chi connectivity index (χ3v) is 6.46. The quantitative estimate of drug-likeness (QED) is 0.504. The summed E-state index contributed by atoms with van der Waals surface area (Å²) in [4.78, 5) is 9.17. The van der Waals surface area contributed by atoms with Gasteiger partial charge >= 0.3 is 0 Å². The van der Waals surface area contributed by atoms with E-state index < -0.39 is 9.84 Å². The molecule has 0 amide bonds. The minimum Gasteiger partial charge on any atom is -0.255 e. The van der Waals surface area contributed by atoms with E-state index in [9.17, 15) is 8.42 Å². The topological polar surface area (TPSA) is 77.2 Å². The van der Waals surface area contributed by atoms with Gasteiger partial charge in [0.25, 0.3) is 0 Å². The van der Waals surface area contributed by atoms with E-state index in [-0.39, 0.29) is 9.79 Å². The molecule has 0 saturated carbocycles. The smallest absolute Gasteiger partial charge is 0.213 e. The van der Waals surface area contributed by atoms with Crippen LogP contribution in [0.3, 0.4) is 0 Å². The molecule has 0 spiro atoms. The van der Waals surface area contributed by atoms with Gasteiger partial charge in [-0.05, 0) is 36.6 Å². The van der Waals surface area contributed by atoms with Crippen molar-refractivity contribution in [3.63, 3.8) is 0 Å². The molecule has 4 aromatic rings. The summed E-state index contributed by atoms with van der Waals surface area (Å²) in [6.07, 6.45) is 5.17. The SMILES string of the molecule is CSc1nn2ccc(-c3ccccn3)nc2c1S(=O)(=O)c1ccccc1. The molecule has 0 aliphatic heterocycles. The minimum absolute atomic E-state index is 0.119. The Morgan fingerprint density at radius 1 is 0.962 bits per heavy atom. The van der Waals surface area contributed by atoms with Crippen molar-refractivity contribution in [1.82, 2.24) is 19.6 Å². The van der Waals surface area contributed by atoms with Crippen molar-refractivity contribution in [1.29, 1.82) is 0 Å². The van der Waals surface area contributed by atoms with Crippen molar-refractivity contribution >= 4 is 27.2 Å². The van der Waals surface area contributed by atoms with Gasteiger partial charge in [0.05, 0.1) is 16.3 Å². The fourth-order valence-corrected chi connectivity index (χ4v) is 5.06. The van der Waals surface area contributed by atoms with E-state index in [2.05, 4.69) is 15.1 Å². The van der Waals surface area contributed by atoms with E-state index in [1.165, 1.54) is 16.3 Å². The second-order valence-electron chi connectivity index (χ2n) is 5.45. The lowest BCUT2D eigenvalue weighted by molar-refractivity contribution is 0.594. The lowest BCUT2D eigenvalue weighted by Gasteiger charge is -2.05. The van der Waals surface area contributed by atoms with Crippen molar-refractivity contribution in [3.8, 4) is 11.4 Å². The van der Waals surface area contributed by atoms with Gasteiger partial charge < -0.3 is 0 Å². The molecule has 3 heterocycles. The first-order chi connectivity index (χ1) is 12.6. The highest BCUT2D eigenvalue weighted by atomic mass is 32.2. The van der Waals surface area contributed by atoms with E-state index in [4.69, 9.17) is 0 Å². The van der Waals surface area contributed by atoms with Crippen molar-refractivity contribution in [2.75, 3.05) is 6.26 Å². The van der Waals surface area contributed by atoms with Crippen molar-refractivity contribution in [2.24, 2.45) is 0 Å². The summed E-state index contributed by atoms with van der Waals surface area (Å²) in [5.74, 6) is 0. The molecule has 0 aliphatic carbocycles. The molecule has 4 rings (SSSR count). The van der Waals surface area contributed by atoms with Crippen LogP contribution in [0.1, 0.15) is 0 Å². The Kier molecular flexibility index (Phi) is 4.21. The number of rotatable bonds is 4. The average molecular weight is 382 g/mol. The fourth-order valence-electron chi connectivity index (χ4n) is 2.63. The van der Waals surface area contributed by atoms with Gasteiger partial charge in [0.1, 0.15) is 5.03 Å². The molecule has 130 valence electrons. The highest BCUT2D eigenvalue weighted by Crippen LogP contribution is 2.32. The number of hydrogen-bond donors (Lipinski definition) is 0. The summed E-state index contributed by atoms with van der Waals surface area (Å²) in [5, 5.41) is 4.79. The standard InChI is InChI=1S/C18H14N4O2S2/c1-25-18-16(26(23,24)13-7-3-2-4-8-13)17-20-15(10-12-22(17)21-18)14-9-5-6-11-19-14/h2-12H,1H3. The van der Waals surface area contributed by atoms with E-state index >= 15 is 0 Å². The Morgan fingerprint density at radius 2 is 1.73 bits per heavy atom. The van der Waals surface area contributed by atoms with Gasteiger partial charge in [0, 0.05) is 12.4 Å². The maximum absolute atomic E-state index is 13.2. The number of sulfone groups is 1. The van der Waals surface area contributed by atoms with Crippen LogP contribution in [-0.4, -0.2) is 34.3 Å². The summed E-state index contributed by atoms with van der Waals surface area (Å²) in [6.45, 7) is 0. The Labute approximate surface area is 154 Å². The summed E-state index contributed by atoms with van der Waals surface area (Å²) < 4.78 is 27.9. The monoisotopic (exact) mass is 382 g/mol. The Bertz CT molecular complexity index is 1170. The molecular weight excluding hydrogens is 368 g/mol. The molecule has 0 atom stereocenters. The second-order valence-corrected chi connectivity index (χ2v) is 8.13. The predicted octanol–water partition coefficient (Wildman–Crippen LogP) is 3.35. The molecule has 1 aromatic carbocycles. The van der Waals surface area contributed by atoms with Crippen LogP contribution in [0, 0.1) is 0 Å². The fraction of sp³-hybridized carbons (Fsp3) is 0.0556. The molecular formula is C18H14N4O2S2. The first-order valence-corrected chi connectivity index (χ1v) is 10.5. The van der Waals surface area contributed by atoms with Gasteiger partial charge in [-0.15, -0.1) is 11.8 Å². The summed E-state index contributed by atoms with van der Waals surface area (Å²) in [7, 11) is -3.75. The van der Waals surface area contributed by atoms with E-state index in [0.29, 0.717) is 22.1 Å². The lowest BCUT2D eigenvalue weighted by atomic mass is 10.2. The van der Waals surface area contributed by atoms with Crippen LogP contribution in [0.5, 0.6) is 0 Å². The Morgan fingerprint density at radius 3 is 2.42 bits per heavy atom. The normalized spacial score (nSPS) is 11.7. The van der Waals surface area contributed by atoms with Crippen molar-refractivity contribution in [3.05, 3.63) is 67.0 Å². The molecule has 6 nitrogen and oxygen atoms in total. The van der Waals surface area contributed by atoms with Gasteiger partial charge in [0.2, 0.25) is 9.84 Å². The zero-order valence-electron chi connectivity index (χ0n) is 13.8. The maximum Gasteiger partial charge on any atom is 0.213 e. The summed E-state index contributed by atoms with van der Waals surface area (Å²) in [5.41, 5.74) is 1.56. The number of fused-ring (bicyclic) bond motifs is 1. The predicted molar refractivity (Wildman–Crippen MR) is 99.9 cm³/mol. The molecule has 0 unspecified atom stereocenters. The van der Waals surface area contributed by atoms with Gasteiger partial charge in [-0.2, -0.15) is 5.10 Å². The van der Waals surface area contributed by atoms with E-state index in [1.54, 1.807) is 55.0 Å². The number of nitrogens with zero attached hydrogens (tertiary/aromatic N) is 4. The number of hydrogen-bond acceptors (Lipinski definition) is 6. The Balaban J connectivity index is 1.99. The largest absolute Gasteiger partial charge is 0.255 e. The van der Waals surface area contributed by atoms with Gasteiger partial charge in [-0.1, -0.05) is 24.3 Å². The van der Waals surface area contributed by atoms with Crippen LogP contribution >= 0.6 is 11.8 Å². The number of thioether (sulfide) groups is 1. The Hall–Kier alpha value is -2.71. The summed E-state index contributed by atoms with van der Waals surface area (Å²) >= 11 is 1.28. The van der Waals surface area contributed by atoms with Gasteiger partial charge in [0.15, 0.2) is 10.5 Å². The highest BCUT2D eigenvalue weighted by Gasteiger charge is 2.28. The first-order valence-electron chi connectivity index (χ1n) is 7.76. The lowest BCUT2D eigenvalue weighted by Crippen LogP contribution is -2.04. The van der Waals surface area contributed by atoms with E-state index in [1.807, 2.05) is 18.2 Å². The van der Waals surface area contributed by atoms with Crippen LogP contribution in [0.25, 0.3) is 17.0 Å². The zero-order chi connectivity index (χ0) is 18.1. The third kappa shape index (κ3) is 2.77. The van der Waals surface area contributed by atoms with Crippen LogP contribution in [0.4, 0.5) is 0 Å². The minimum atomic E-state index is -3.75. The van der Waals surface area contributed by atoms with E-state index in [0.717, 1.165) is 0 Å². The van der Waals surface area contributed by atoms with Crippen LogP contribution in [-0.2, 0) is 9.84 Å². The molecule has 8 heteroatoms. The molecule has 0 aliphatic rings. The second kappa shape index (κ2) is 6.54. The average Bonchev–Trinajstić information content (AvgIpc) is 3.08. The van der Waals surface area contributed by atoms with Crippen LogP contribution in [0.15, 0.2) is 81.8 Å². The highest BCUT2D eigenvalue weighted by molar-refractivity contribution is 7.99. The number of aromatic nitrogens is 4. The number of pyridine rings is 1. The van der Waals surface area contributed by atoms with Gasteiger partial charge in [-0.25, -0.2) is 17.9 Å². The van der Waals surface area contributed by atoms with Gasteiger partial charge in [-0.3, -0.25) is 4.98 Å². The molecule has 0 saturated heterocycles. The molecule has 0 N–H and O–H groups in total. The molecule has 0 fully saturated rings. The maximum atomic E-state index is 13.2. The zero-order valence-corrected chi connectivity index (χ0v) is 15.4. The third-order valence-electron chi connectivity index (χ3n) is 3.86. The van der Waals surface area contributed by atoms with Crippen LogP contribution in [0.2, 0.25) is 0 Å². The van der Waals surface area contributed by atoms with Crippen molar-refractivity contribution in [2.45, 2.75) is 14.8 Å². The molecule has 0 bridgehead atoms. The number of benzene rings is 1. The summed E-state index contributed by atoms with van der Waals surface area (Å²) in [6, 6.07) is 15.6.